The van der Waals surface area contributed by atoms with Crippen LogP contribution in [0.4, 0.5) is 5.82 Å². The molecular weight excluding hydrogens is 406 g/mol. The lowest BCUT2D eigenvalue weighted by atomic mass is 9.97. The number of nitrogens with zero attached hydrogens (tertiary/aromatic N) is 3. The predicted molar refractivity (Wildman–Crippen MR) is 122 cm³/mol. The Morgan fingerprint density at radius 3 is 2.47 bits per heavy atom. The van der Waals surface area contributed by atoms with E-state index in [1.807, 2.05) is 18.2 Å². The molecule has 0 amide bonds. The first-order valence-electron chi connectivity index (χ1n) is 10.9. The highest BCUT2D eigenvalue weighted by molar-refractivity contribution is 5.70. The van der Waals surface area contributed by atoms with Crippen LogP contribution in [0.1, 0.15) is 30.9 Å². The third-order valence-corrected chi connectivity index (χ3v) is 6.32. The van der Waals surface area contributed by atoms with E-state index in [4.69, 9.17) is 24.2 Å². The number of fused-ring (bicyclic) bond motifs is 2. The highest BCUT2D eigenvalue weighted by atomic mass is 16.5. The van der Waals surface area contributed by atoms with E-state index in [9.17, 15) is 5.11 Å². The largest absolute Gasteiger partial charge is 0.507 e. The predicted octanol–water partition coefficient (Wildman–Crippen LogP) is 4.80. The summed E-state index contributed by atoms with van der Waals surface area (Å²) in [6.07, 6.45) is 2.89. The summed E-state index contributed by atoms with van der Waals surface area (Å²) < 4.78 is 17.0. The fraction of sp³-hybridized carbons (Fsp3) is 0.360. The molecule has 166 valence electrons. The van der Waals surface area contributed by atoms with Crippen molar-refractivity contribution < 1.29 is 19.3 Å². The molecule has 5 rings (SSSR count). The summed E-state index contributed by atoms with van der Waals surface area (Å²) in [5.41, 5.74) is 2.53. The van der Waals surface area contributed by atoms with E-state index in [1.54, 1.807) is 32.4 Å². The maximum Gasteiger partial charge on any atom is 0.228 e. The third-order valence-electron chi connectivity index (χ3n) is 6.32. The minimum atomic E-state index is 0.102. The zero-order valence-electron chi connectivity index (χ0n) is 18.6. The number of methoxy groups -OCH3 is 2. The van der Waals surface area contributed by atoms with Gasteiger partial charge in [-0.1, -0.05) is 6.92 Å². The van der Waals surface area contributed by atoms with Crippen LogP contribution in [0.2, 0.25) is 0 Å². The van der Waals surface area contributed by atoms with Gasteiger partial charge in [-0.3, -0.25) is 0 Å². The van der Waals surface area contributed by atoms with Crippen LogP contribution in [0, 0.1) is 5.92 Å². The maximum atomic E-state index is 10.5. The van der Waals surface area contributed by atoms with Crippen LogP contribution in [-0.4, -0.2) is 42.4 Å². The standard InChI is InChI=1S/C25H27N3O4/c1-15-8-10-28(11-9-15)24-20-13-16-12-17(30-2)5-7-22(16)32-25(20)27-23(26-24)19-14-18(31-3)4-6-21(19)29/h4-7,12,14-15,29H,8-11,13H2,1-3H3. The van der Waals surface area contributed by atoms with Gasteiger partial charge in [-0.05, 0) is 55.2 Å². The summed E-state index contributed by atoms with van der Waals surface area (Å²) in [6.45, 7) is 4.15. The molecule has 1 fully saturated rings. The van der Waals surface area contributed by atoms with Crippen molar-refractivity contribution in [1.29, 1.82) is 0 Å². The molecule has 0 aliphatic carbocycles. The van der Waals surface area contributed by atoms with Gasteiger partial charge in [0.1, 0.15) is 28.8 Å². The summed E-state index contributed by atoms with van der Waals surface area (Å²) in [6, 6.07) is 10.9. The molecule has 7 nitrogen and oxygen atoms in total. The van der Waals surface area contributed by atoms with Gasteiger partial charge in [0, 0.05) is 25.1 Å². The number of benzene rings is 2. The first kappa shape index (κ1) is 20.4. The minimum absolute atomic E-state index is 0.102. The Labute approximate surface area is 187 Å². The van der Waals surface area contributed by atoms with Crippen molar-refractivity contribution in [3.63, 3.8) is 0 Å². The number of anilines is 1. The Morgan fingerprint density at radius 2 is 1.72 bits per heavy atom. The normalized spacial score (nSPS) is 15.5. The van der Waals surface area contributed by atoms with E-state index in [1.165, 1.54) is 0 Å². The fourth-order valence-electron chi connectivity index (χ4n) is 4.33. The molecule has 32 heavy (non-hydrogen) atoms. The fourth-order valence-corrected chi connectivity index (χ4v) is 4.33. The average molecular weight is 434 g/mol. The quantitative estimate of drug-likeness (QED) is 0.495. The number of hydrogen-bond donors (Lipinski definition) is 1. The molecule has 0 saturated carbocycles. The van der Waals surface area contributed by atoms with Gasteiger partial charge in [-0.2, -0.15) is 4.98 Å². The number of aromatic nitrogens is 2. The number of phenols is 1. The smallest absolute Gasteiger partial charge is 0.228 e. The van der Waals surface area contributed by atoms with Crippen molar-refractivity contribution in [2.45, 2.75) is 26.2 Å². The molecule has 0 spiro atoms. The van der Waals surface area contributed by atoms with Gasteiger partial charge in [-0.25, -0.2) is 4.98 Å². The summed E-state index contributed by atoms with van der Waals surface area (Å²) >= 11 is 0. The second-order valence-corrected chi connectivity index (χ2v) is 8.46. The van der Waals surface area contributed by atoms with Crippen molar-refractivity contribution in [1.82, 2.24) is 9.97 Å². The Kier molecular flexibility index (Phi) is 5.25. The molecule has 1 aromatic heterocycles. The molecule has 3 heterocycles. The Morgan fingerprint density at radius 1 is 1.00 bits per heavy atom. The van der Waals surface area contributed by atoms with Crippen molar-refractivity contribution >= 4 is 5.82 Å². The summed E-state index contributed by atoms with van der Waals surface area (Å²) in [5, 5.41) is 10.5. The molecule has 1 N–H and O–H groups in total. The Bertz CT molecular complexity index is 1160. The Hall–Kier alpha value is -3.48. The van der Waals surface area contributed by atoms with E-state index in [-0.39, 0.29) is 5.75 Å². The molecule has 0 radical (unpaired) electrons. The topological polar surface area (TPSA) is 76.9 Å². The molecule has 0 bridgehead atoms. The summed E-state index contributed by atoms with van der Waals surface area (Å²) in [5.74, 6) is 4.81. The highest BCUT2D eigenvalue weighted by Gasteiger charge is 2.29. The van der Waals surface area contributed by atoms with Crippen LogP contribution in [0.3, 0.4) is 0 Å². The lowest BCUT2D eigenvalue weighted by Crippen LogP contribution is -2.34. The van der Waals surface area contributed by atoms with Crippen LogP contribution in [0.15, 0.2) is 36.4 Å². The molecule has 2 aliphatic heterocycles. The lowest BCUT2D eigenvalue weighted by Gasteiger charge is -2.34. The lowest BCUT2D eigenvalue weighted by molar-refractivity contribution is 0.406. The molecule has 0 atom stereocenters. The van der Waals surface area contributed by atoms with Gasteiger partial charge in [0.2, 0.25) is 5.88 Å². The Balaban J connectivity index is 1.63. The molecular formula is C25H27N3O4. The van der Waals surface area contributed by atoms with Crippen LogP contribution in [0.25, 0.3) is 11.4 Å². The van der Waals surface area contributed by atoms with Crippen molar-refractivity contribution in [2.75, 3.05) is 32.2 Å². The van der Waals surface area contributed by atoms with Crippen LogP contribution >= 0.6 is 0 Å². The second kappa shape index (κ2) is 8.22. The zero-order valence-corrected chi connectivity index (χ0v) is 18.6. The number of aromatic hydroxyl groups is 1. The second-order valence-electron chi connectivity index (χ2n) is 8.46. The van der Waals surface area contributed by atoms with E-state index in [0.29, 0.717) is 35.4 Å². The highest BCUT2D eigenvalue weighted by Crippen LogP contribution is 2.43. The molecule has 3 aromatic rings. The molecule has 2 aromatic carbocycles. The van der Waals surface area contributed by atoms with E-state index < -0.39 is 0 Å². The van der Waals surface area contributed by atoms with Crippen LogP contribution < -0.4 is 19.1 Å². The van der Waals surface area contributed by atoms with Gasteiger partial charge < -0.3 is 24.2 Å². The first-order valence-corrected chi connectivity index (χ1v) is 10.9. The van der Waals surface area contributed by atoms with Gasteiger partial charge in [-0.15, -0.1) is 0 Å². The molecule has 0 unspecified atom stereocenters. The van der Waals surface area contributed by atoms with E-state index >= 15 is 0 Å². The van der Waals surface area contributed by atoms with Gasteiger partial charge in [0.25, 0.3) is 0 Å². The molecule has 1 saturated heterocycles. The summed E-state index contributed by atoms with van der Waals surface area (Å²) in [4.78, 5) is 12.0. The maximum absolute atomic E-state index is 10.5. The SMILES string of the molecule is COc1ccc2c(c1)Cc1c(nc(-c3cc(OC)ccc3O)nc1N1CCC(C)CC1)O2. The number of hydrogen-bond acceptors (Lipinski definition) is 7. The monoisotopic (exact) mass is 433 g/mol. The van der Waals surface area contributed by atoms with Gasteiger partial charge in [0.05, 0.1) is 25.3 Å². The number of phenolic OH excluding ortho intramolecular Hbond substituents is 1. The van der Waals surface area contributed by atoms with Crippen molar-refractivity contribution in [2.24, 2.45) is 5.92 Å². The zero-order chi connectivity index (χ0) is 22.2. The summed E-state index contributed by atoms with van der Waals surface area (Å²) in [7, 11) is 3.26. The molecule has 7 heteroatoms. The van der Waals surface area contributed by atoms with E-state index in [2.05, 4.69) is 11.8 Å². The van der Waals surface area contributed by atoms with Crippen LogP contribution in [-0.2, 0) is 6.42 Å². The van der Waals surface area contributed by atoms with E-state index in [0.717, 1.165) is 54.4 Å². The average Bonchev–Trinajstić information content (AvgIpc) is 2.82. The third kappa shape index (κ3) is 3.68. The number of piperidine rings is 1. The van der Waals surface area contributed by atoms with Crippen molar-refractivity contribution in [3.05, 3.63) is 47.5 Å². The number of rotatable bonds is 4. The first-order chi connectivity index (χ1) is 15.6. The number of ether oxygens (including phenoxy) is 3. The molecule has 2 aliphatic rings. The van der Waals surface area contributed by atoms with Gasteiger partial charge in [0.15, 0.2) is 5.82 Å². The minimum Gasteiger partial charge on any atom is -0.507 e. The van der Waals surface area contributed by atoms with Crippen molar-refractivity contribution in [3.8, 4) is 40.3 Å². The van der Waals surface area contributed by atoms with Gasteiger partial charge >= 0.3 is 0 Å². The van der Waals surface area contributed by atoms with Crippen LogP contribution in [0.5, 0.6) is 28.9 Å².